The van der Waals surface area contributed by atoms with Crippen molar-refractivity contribution in [2.24, 2.45) is 5.73 Å². The van der Waals surface area contributed by atoms with E-state index in [1.807, 2.05) is 0 Å². The maximum absolute atomic E-state index is 13.8. The Morgan fingerprint density at radius 3 is 2.42 bits per heavy atom. The predicted octanol–water partition coefficient (Wildman–Crippen LogP) is 5.47. The fraction of sp³-hybridized carbons (Fsp3) is 0.259. The molecule has 0 saturated carbocycles. The molecule has 0 aromatic heterocycles. The zero-order valence-corrected chi connectivity index (χ0v) is 19.5. The van der Waals surface area contributed by atoms with Crippen molar-refractivity contribution in [2.75, 3.05) is 22.1 Å². The molecular weight excluding hydrogens is 469 g/mol. The first-order valence-electron chi connectivity index (χ1n) is 11.7. The SMILES string of the molecule is NCc1cccc(N[C@H](C(=O)Nc2ccc(N3CCCCC3=O)cc2)c2ccccc2C(F)(F)F)c1. The monoisotopic (exact) mass is 496 g/mol. The lowest BCUT2D eigenvalue weighted by Crippen LogP contribution is -2.35. The molecular formula is C27H27F3N4O2. The van der Waals surface area contributed by atoms with Crippen molar-refractivity contribution in [3.8, 4) is 0 Å². The summed E-state index contributed by atoms with van der Waals surface area (Å²) in [6, 6.07) is 17.2. The number of alkyl halides is 3. The molecule has 1 atom stereocenters. The maximum atomic E-state index is 13.8. The first-order chi connectivity index (χ1) is 17.3. The second-order valence-electron chi connectivity index (χ2n) is 8.61. The van der Waals surface area contributed by atoms with E-state index in [-0.39, 0.29) is 18.0 Å². The molecule has 0 radical (unpaired) electrons. The number of rotatable bonds is 7. The first kappa shape index (κ1) is 25.2. The number of benzene rings is 3. The number of carbonyl (C=O) groups is 2. The zero-order valence-electron chi connectivity index (χ0n) is 19.5. The fourth-order valence-electron chi connectivity index (χ4n) is 4.26. The van der Waals surface area contributed by atoms with Gasteiger partial charge in [0, 0.05) is 36.6 Å². The normalized spacial score (nSPS) is 14.9. The number of anilines is 3. The largest absolute Gasteiger partial charge is 0.416 e. The van der Waals surface area contributed by atoms with Crippen LogP contribution in [0.5, 0.6) is 0 Å². The number of nitrogens with two attached hydrogens (primary N) is 1. The van der Waals surface area contributed by atoms with Crippen molar-refractivity contribution in [2.45, 2.75) is 38.0 Å². The van der Waals surface area contributed by atoms with Crippen molar-refractivity contribution in [1.82, 2.24) is 0 Å². The summed E-state index contributed by atoms with van der Waals surface area (Å²) in [7, 11) is 0. The Bertz CT molecular complexity index is 1230. The minimum atomic E-state index is -4.64. The predicted molar refractivity (Wildman–Crippen MR) is 133 cm³/mol. The van der Waals surface area contributed by atoms with Crippen molar-refractivity contribution in [1.29, 1.82) is 0 Å². The van der Waals surface area contributed by atoms with Gasteiger partial charge in [0.15, 0.2) is 0 Å². The Labute approximate surface area is 207 Å². The number of nitrogens with one attached hydrogen (secondary N) is 2. The summed E-state index contributed by atoms with van der Waals surface area (Å²) in [6.07, 6.45) is -2.36. The van der Waals surface area contributed by atoms with Gasteiger partial charge in [-0.25, -0.2) is 0 Å². The Hall–Kier alpha value is -3.85. The molecule has 1 aliphatic heterocycles. The van der Waals surface area contributed by atoms with Gasteiger partial charge in [-0.3, -0.25) is 9.59 Å². The molecule has 0 aliphatic carbocycles. The van der Waals surface area contributed by atoms with E-state index >= 15 is 0 Å². The molecule has 0 spiro atoms. The van der Waals surface area contributed by atoms with Crippen LogP contribution in [0.25, 0.3) is 0 Å². The number of amides is 2. The molecule has 1 saturated heterocycles. The van der Waals surface area contributed by atoms with Gasteiger partial charge >= 0.3 is 6.18 Å². The summed E-state index contributed by atoms with van der Waals surface area (Å²) >= 11 is 0. The number of piperidine rings is 1. The van der Waals surface area contributed by atoms with E-state index in [0.717, 1.165) is 24.5 Å². The van der Waals surface area contributed by atoms with Gasteiger partial charge < -0.3 is 21.3 Å². The average molecular weight is 497 g/mol. The Kier molecular flexibility index (Phi) is 7.59. The first-order valence-corrected chi connectivity index (χ1v) is 11.7. The number of hydrogen-bond donors (Lipinski definition) is 3. The summed E-state index contributed by atoms with van der Waals surface area (Å²) < 4.78 is 41.4. The number of carbonyl (C=O) groups excluding carboxylic acids is 2. The van der Waals surface area contributed by atoms with Crippen LogP contribution in [0.1, 0.15) is 42.0 Å². The fourth-order valence-corrected chi connectivity index (χ4v) is 4.26. The molecule has 0 unspecified atom stereocenters. The molecule has 2 amide bonds. The molecule has 0 bridgehead atoms. The van der Waals surface area contributed by atoms with E-state index in [1.54, 1.807) is 53.4 Å². The van der Waals surface area contributed by atoms with Crippen molar-refractivity contribution in [3.63, 3.8) is 0 Å². The van der Waals surface area contributed by atoms with Gasteiger partial charge in [-0.2, -0.15) is 13.2 Å². The highest BCUT2D eigenvalue weighted by Crippen LogP contribution is 2.36. The highest BCUT2D eigenvalue weighted by atomic mass is 19.4. The molecule has 4 rings (SSSR count). The number of hydrogen-bond acceptors (Lipinski definition) is 4. The molecule has 188 valence electrons. The summed E-state index contributed by atoms with van der Waals surface area (Å²) in [4.78, 5) is 27.2. The quantitative estimate of drug-likeness (QED) is 0.405. The molecule has 3 aromatic carbocycles. The molecule has 9 heteroatoms. The Balaban J connectivity index is 1.62. The van der Waals surface area contributed by atoms with Crippen molar-refractivity contribution in [3.05, 3.63) is 89.5 Å². The molecule has 1 fully saturated rings. The third-order valence-corrected chi connectivity index (χ3v) is 6.08. The van der Waals surface area contributed by atoms with Crippen LogP contribution in [-0.2, 0) is 22.3 Å². The van der Waals surface area contributed by atoms with E-state index in [9.17, 15) is 22.8 Å². The second-order valence-corrected chi connectivity index (χ2v) is 8.61. The van der Waals surface area contributed by atoms with Gasteiger partial charge in [-0.1, -0.05) is 30.3 Å². The topological polar surface area (TPSA) is 87.5 Å². The van der Waals surface area contributed by atoms with Crippen LogP contribution in [0.15, 0.2) is 72.8 Å². The third kappa shape index (κ3) is 5.85. The summed E-state index contributed by atoms with van der Waals surface area (Å²) in [5, 5.41) is 5.66. The Morgan fingerprint density at radius 1 is 0.972 bits per heavy atom. The van der Waals surface area contributed by atoms with E-state index < -0.39 is 23.7 Å². The lowest BCUT2D eigenvalue weighted by Gasteiger charge is -2.27. The van der Waals surface area contributed by atoms with E-state index in [4.69, 9.17) is 5.73 Å². The van der Waals surface area contributed by atoms with Gasteiger partial charge in [0.05, 0.1) is 5.56 Å². The van der Waals surface area contributed by atoms with Crippen LogP contribution >= 0.6 is 0 Å². The van der Waals surface area contributed by atoms with Crippen LogP contribution in [0.3, 0.4) is 0 Å². The second kappa shape index (κ2) is 10.8. The maximum Gasteiger partial charge on any atom is 0.416 e. The van der Waals surface area contributed by atoms with Crippen molar-refractivity contribution < 1.29 is 22.8 Å². The lowest BCUT2D eigenvalue weighted by atomic mass is 9.98. The number of halogens is 3. The van der Waals surface area contributed by atoms with Gasteiger partial charge in [-0.15, -0.1) is 0 Å². The molecule has 36 heavy (non-hydrogen) atoms. The van der Waals surface area contributed by atoms with Crippen LogP contribution in [0.4, 0.5) is 30.2 Å². The highest BCUT2D eigenvalue weighted by molar-refractivity contribution is 5.98. The van der Waals surface area contributed by atoms with Gasteiger partial charge in [-0.05, 0) is 66.4 Å². The standard InChI is InChI=1S/C27H27F3N4O2/c28-27(29,30)23-9-2-1-8-22(23)25(32-20-7-5-6-18(16-20)17-31)26(36)33-19-11-13-21(14-12-19)34-15-4-3-10-24(34)35/h1-2,5-9,11-14,16,25,32H,3-4,10,15,17,31H2,(H,33,36)/t25-/m0/s1. The zero-order chi connectivity index (χ0) is 25.7. The molecule has 3 aromatic rings. The Morgan fingerprint density at radius 2 is 1.72 bits per heavy atom. The van der Waals surface area contributed by atoms with Crippen LogP contribution in [-0.4, -0.2) is 18.4 Å². The van der Waals surface area contributed by atoms with Crippen LogP contribution < -0.4 is 21.3 Å². The van der Waals surface area contributed by atoms with E-state index in [2.05, 4.69) is 10.6 Å². The average Bonchev–Trinajstić information content (AvgIpc) is 2.88. The van der Waals surface area contributed by atoms with E-state index in [0.29, 0.717) is 30.0 Å². The minimum absolute atomic E-state index is 0.0470. The lowest BCUT2D eigenvalue weighted by molar-refractivity contribution is -0.138. The van der Waals surface area contributed by atoms with E-state index in [1.165, 1.54) is 18.2 Å². The van der Waals surface area contributed by atoms with Crippen LogP contribution in [0, 0.1) is 0 Å². The smallest absolute Gasteiger partial charge is 0.370 e. The van der Waals surface area contributed by atoms with Crippen molar-refractivity contribution >= 4 is 28.9 Å². The molecule has 6 nitrogen and oxygen atoms in total. The van der Waals surface area contributed by atoms with Gasteiger partial charge in [0.2, 0.25) is 5.91 Å². The third-order valence-electron chi connectivity index (χ3n) is 6.08. The van der Waals surface area contributed by atoms with Gasteiger partial charge in [0.1, 0.15) is 6.04 Å². The summed E-state index contributed by atoms with van der Waals surface area (Å²) in [5.41, 5.74) is 6.96. The summed E-state index contributed by atoms with van der Waals surface area (Å²) in [5.74, 6) is -0.614. The minimum Gasteiger partial charge on any atom is -0.370 e. The molecule has 4 N–H and O–H groups in total. The highest BCUT2D eigenvalue weighted by Gasteiger charge is 2.37. The number of nitrogens with zero attached hydrogens (tertiary/aromatic N) is 1. The van der Waals surface area contributed by atoms with Gasteiger partial charge in [0.25, 0.3) is 5.91 Å². The molecule has 1 heterocycles. The summed E-state index contributed by atoms with van der Waals surface area (Å²) in [6.45, 7) is 0.879. The molecule has 1 aliphatic rings. The van der Waals surface area contributed by atoms with Crippen LogP contribution in [0.2, 0.25) is 0 Å².